The van der Waals surface area contributed by atoms with Crippen LogP contribution in [0.1, 0.15) is 6.92 Å². The van der Waals surface area contributed by atoms with Crippen molar-refractivity contribution in [1.29, 1.82) is 0 Å². The molecule has 0 bridgehead atoms. The van der Waals surface area contributed by atoms with E-state index >= 15 is 0 Å². The molecule has 2 atom stereocenters. The highest BCUT2D eigenvalue weighted by molar-refractivity contribution is 4.82. The van der Waals surface area contributed by atoms with E-state index in [1.807, 2.05) is 0 Å². The van der Waals surface area contributed by atoms with Gasteiger partial charge in [-0.25, -0.2) is 0 Å². The smallest absolute Gasteiger partial charge is 0.0936 e. The van der Waals surface area contributed by atoms with Crippen molar-refractivity contribution in [2.75, 3.05) is 39.8 Å². The van der Waals surface area contributed by atoms with Crippen molar-refractivity contribution < 1.29 is 4.74 Å². The molecule has 0 aliphatic carbocycles. The largest absolute Gasteiger partial charge is 0.372 e. The zero-order valence-electron chi connectivity index (χ0n) is 7.99. The Morgan fingerprint density at radius 1 is 1.42 bits per heavy atom. The van der Waals surface area contributed by atoms with Gasteiger partial charge in [0.25, 0.3) is 0 Å². The number of rotatable bonds is 2. The lowest BCUT2D eigenvalue weighted by Gasteiger charge is -2.37. The maximum Gasteiger partial charge on any atom is 0.0936 e. The Morgan fingerprint density at radius 2 is 2.17 bits per heavy atom. The fourth-order valence-electron chi connectivity index (χ4n) is 1.88. The molecule has 0 aromatic rings. The van der Waals surface area contributed by atoms with Gasteiger partial charge in [0.05, 0.1) is 12.7 Å². The molecular weight excluding hydrogens is 152 g/mol. The number of ether oxygens (including phenoxy) is 1. The third kappa shape index (κ3) is 1.97. The third-order valence-electron chi connectivity index (χ3n) is 2.81. The predicted octanol–water partition coefficient (Wildman–Crippen LogP) is 0.0211. The van der Waals surface area contributed by atoms with Crippen LogP contribution in [0.25, 0.3) is 0 Å². The van der Waals surface area contributed by atoms with Crippen molar-refractivity contribution in [3.8, 4) is 0 Å². The summed E-state index contributed by atoms with van der Waals surface area (Å²) in [6, 6.07) is 0.702. The van der Waals surface area contributed by atoms with Crippen LogP contribution >= 0.6 is 0 Å². The Morgan fingerprint density at radius 3 is 2.75 bits per heavy atom. The zero-order chi connectivity index (χ0) is 8.55. The number of likely N-dealkylation sites (N-methyl/N-ethyl adjacent to an activating group) is 1. The molecule has 0 radical (unpaired) electrons. The van der Waals surface area contributed by atoms with Crippen LogP contribution in [0.3, 0.4) is 0 Å². The van der Waals surface area contributed by atoms with Gasteiger partial charge in [-0.2, -0.15) is 0 Å². The first kappa shape index (κ1) is 8.48. The van der Waals surface area contributed by atoms with Gasteiger partial charge in [-0.05, 0) is 14.0 Å². The summed E-state index contributed by atoms with van der Waals surface area (Å²) in [5.74, 6) is 0. The summed E-state index contributed by atoms with van der Waals surface area (Å²) >= 11 is 0. The van der Waals surface area contributed by atoms with Gasteiger partial charge in [-0.3, -0.25) is 4.90 Å². The number of nitrogens with zero attached hydrogens (tertiary/aromatic N) is 2. The molecule has 3 nitrogen and oxygen atoms in total. The highest BCUT2D eigenvalue weighted by atomic mass is 16.6. The van der Waals surface area contributed by atoms with Gasteiger partial charge in [-0.1, -0.05) is 0 Å². The van der Waals surface area contributed by atoms with Crippen LogP contribution in [0.4, 0.5) is 0 Å². The molecular formula is C9H18N2O. The first-order chi connectivity index (χ1) is 5.75. The minimum atomic E-state index is 0.552. The second kappa shape index (κ2) is 3.32. The van der Waals surface area contributed by atoms with Crippen LogP contribution < -0.4 is 0 Å². The van der Waals surface area contributed by atoms with Crippen molar-refractivity contribution in [3.05, 3.63) is 0 Å². The molecule has 0 amide bonds. The maximum atomic E-state index is 5.23. The van der Waals surface area contributed by atoms with E-state index in [-0.39, 0.29) is 0 Å². The summed E-state index contributed by atoms with van der Waals surface area (Å²) in [5, 5.41) is 0. The standard InChI is InChI=1S/C9H18N2O/c1-8-5-10(2)3-4-11(8)6-9-7-12-9/h8-9H,3-7H2,1-2H3. The molecule has 0 N–H and O–H groups in total. The highest BCUT2D eigenvalue weighted by Crippen LogP contribution is 2.15. The monoisotopic (exact) mass is 170 g/mol. The summed E-state index contributed by atoms with van der Waals surface area (Å²) < 4.78 is 5.23. The normalized spacial score (nSPS) is 38.5. The SMILES string of the molecule is CC1CN(C)CCN1CC1CO1. The van der Waals surface area contributed by atoms with Gasteiger partial charge < -0.3 is 9.64 Å². The highest BCUT2D eigenvalue weighted by Gasteiger charge is 2.29. The third-order valence-corrected chi connectivity index (χ3v) is 2.81. The van der Waals surface area contributed by atoms with E-state index in [2.05, 4.69) is 23.8 Å². The van der Waals surface area contributed by atoms with E-state index < -0.39 is 0 Å². The molecule has 2 saturated heterocycles. The van der Waals surface area contributed by atoms with Crippen molar-refractivity contribution in [2.24, 2.45) is 0 Å². The molecule has 2 rings (SSSR count). The average Bonchev–Trinajstić information content (AvgIpc) is 2.79. The Balaban J connectivity index is 1.80. The van der Waals surface area contributed by atoms with E-state index in [0.717, 1.165) is 13.2 Å². The molecule has 0 spiro atoms. The van der Waals surface area contributed by atoms with E-state index in [4.69, 9.17) is 4.74 Å². The Hall–Kier alpha value is -0.120. The zero-order valence-corrected chi connectivity index (χ0v) is 7.99. The molecule has 3 heteroatoms. The Labute approximate surface area is 74.3 Å². The molecule has 12 heavy (non-hydrogen) atoms. The van der Waals surface area contributed by atoms with Crippen molar-refractivity contribution in [1.82, 2.24) is 9.80 Å². The van der Waals surface area contributed by atoms with E-state index in [0.29, 0.717) is 12.1 Å². The maximum absolute atomic E-state index is 5.23. The van der Waals surface area contributed by atoms with Gasteiger partial charge >= 0.3 is 0 Å². The van der Waals surface area contributed by atoms with Gasteiger partial charge in [0.1, 0.15) is 0 Å². The number of hydrogen-bond donors (Lipinski definition) is 0. The summed E-state index contributed by atoms with van der Waals surface area (Å²) in [6.45, 7) is 8.05. The minimum Gasteiger partial charge on any atom is -0.372 e. The lowest BCUT2D eigenvalue weighted by atomic mass is 10.2. The predicted molar refractivity (Wildman–Crippen MR) is 48.3 cm³/mol. The summed E-state index contributed by atoms with van der Waals surface area (Å²) in [7, 11) is 2.20. The van der Waals surface area contributed by atoms with Crippen molar-refractivity contribution >= 4 is 0 Å². The van der Waals surface area contributed by atoms with Crippen LogP contribution in [-0.2, 0) is 4.74 Å². The van der Waals surface area contributed by atoms with Crippen molar-refractivity contribution in [2.45, 2.75) is 19.1 Å². The number of epoxide rings is 1. The molecule has 2 aliphatic rings. The topological polar surface area (TPSA) is 19.0 Å². The quantitative estimate of drug-likeness (QED) is 0.545. The molecule has 2 aliphatic heterocycles. The fraction of sp³-hybridized carbons (Fsp3) is 1.00. The van der Waals surface area contributed by atoms with Crippen LogP contribution in [0.15, 0.2) is 0 Å². The van der Waals surface area contributed by atoms with Crippen LogP contribution in [0, 0.1) is 0 Å². The van der Waals surface area contributed by atoms with E-state index in [1.165, 1.54) is 19.6 Å². The second-order valence-corrected chi connectivity index (χ2v) is 4.06. The lowest BCUT2D eigenvalue weighted by Crippen LogP contribution is -2.51. The molecule has 70 valence electrons. The van der Waals surface area contributed by atoms with Crippen LogP contribution in [0.5, 0.6) is 0 Å². The number of hydrogen-bond acceptors (Lipinski definition) is 3. The molecule has 2 unspecified atom stereocenters. The average molecular weight is 170 g/mol. The van der Waals surface area contributed by atoms with E-state index in [9.17, 15) is 0 Å². The van der Waals surface area contributed by atoms with Gasteiger partial charge in [0.15, 0.2) is 0 Å². The van der Waals surface area contributed by atoms with Gasteiger partial charge in [0.2, 0.25) is 0 Å². The molecule has 0 aromatic heterocycles. The first-order valence-electron chi connectivity index (χ1n) is 4.80. The molecule has 2 heterocycles. The Kier molecular flexibility index (Phi) is 2.35. The summed E-state index contributed by atoms with van der Waals surface area (Å²) in [6.07, 6.45) is 0.552. The van der Waals surface area contributed by atoms with Crippen LogP contribution in [-0.4, -0.2) is 61.8 Å². The molecule has 0 saturated carbocycles. The summed E-state index contributed by atoms with van der Waals surface area (Å²) in [4.78, 5) is 4.94. The molecule has 0 aromatic carbocycles. The Bertz CT molecular complexity index is 159. The fourth-order valence-corrected chi connectivity index (χ4v) is 1.88. The van der Waals surface area contributed by atoms with Gasteiger partial charge in [0, 0.05) is 32.2 Å². The van der Waals surface area contributed by atoms with Gasteiger partial charge in [-0.15, -0.1) is 0 Å². The first-order valence-corrected chi connectivity index (χ1v) is 4.80. The van der Waals surface area contributed by atoms with Crippen molar-refractivity contribution in [3.63, 3.8) is 0 Å². The van der Waals surface area contributed by atoms with E-state index in [1.54, 1.807) is 0 Å². The summed E-state index contributed by atoms with van der Waals surface area (Å²) in [5.41, 5.74) is 0. The molecule has 2 fully saturated rings. The second-order valence-electron chi connectivity index (χ2n) is 4.06. The van der Waals surface area contributed by atoms with Crippen LogP contribution in [0.2, 0.25) is 0 Å². The number of piperazine rings is 1. The minimum absolute atomic E-state index is 0.552. The lowest BCUT2D eigenvalue weighted by molar-refractivity contribution is 0.0930.